The second-order valence-electron chi connectivity index (χ2n) is 6.60. The number of amides is 1. The van der Waals surface area contributed by atoms with Crippen molar-refractivity contribution in [2.24, 2.45) is 0 Å². The average molecular weight is 409 g/mol. The van der Waals surface area contributed by atoms with E-state index in [1.807, 2.05) is 0 Å². The molecule has 3 rings (SSSR count). The maximum absolute atomic E-state index is 13.5. The predicted molar refractivity (Wildman–Crippen MR) is 96.4 cm³/mol. The van der Waals surface area contributed by atoms with Crippen LogP contribution in [0.2, 0.25) is 0 Å². The number of carboxylic acid groups (broad SMARTS) is 1. The number of carbonyl (C=O) groups is 2. The fraction of sp³-hybridized carbons (Fsp3) is 0.211. The van der Waals surface area contributed by atoms with Crippen molar-refractivity contribution in [1.29, 1.82) is 0 Å². The van der Waals surface area contributed by atoms with Crippen LogP contribution < -0.4 is 5.32 Å². The van der Waals surface area contributed by atoms with Gasteiger partial charge in [-0.05, 0) is 50.2 Å². The summed E-state index contributed by atoms with van der Waals surface area (Å²) in [6.45, 7) is 3.51. The Morgan fingerprint density at radius 1 is 1.14 bits per heavy atom. The van der Waals surface area contributed by atoms with Crippen LogP contribution in [-0.2, 0) is 6.18 Å². The standard InChI is InChI=1S/C19H15F4N3O3/c1-9(2)26-16(18(28)29)14-8-13(3-4-15(14)25-26)24-17(27)10-5-11(19(21,22)23)7-12(20)6-10/h3-9H,1-2H3,(H,24,27)(H,28,29). The van der Waals surface area contributed by atoms with Crippen LogP contribution in [-0.4, -0.2) is 26.8 Å². The Hall–Kier alpha value is -3.43. The van der Waals surface area contributed by atoms with Crippen LogP contribution in [0.5, 0.6) is 0 Å². The van der Waals surface area contributed by atoms with Gasteiger partial charge in [-0.1, -0.05) is 0 Å². The van der Waals surface area contributed by atoms with E-state index < -0.39 is 35.0 Å². The van der Waals surface area contributed by atoms with Crippen molar-refractivity contribution in [3.05, 3.63) is 59.0 Å². The lowest BCUT2D eigenvalue weighted by molar-refractivity contribution is -0.137. The number of nitrogens with one attached hydrogen (secondary N) is 1. The van der Waals surface area contributed by atoms with Crippen LogP contribution in [0.3, 0.4) is 0 Å². The number of aromatic nitrogens is 2. The molecular formula is C19H15F4N3O3. The Morgan fingerprint density at radius 3 is 2.41 bits per heavy atom. The van der Waals surface area contributed by atoms with E-state index in [9.17, 15) is 32.3 Å². The fourth-order valence-corrected chi connectivity index (χ4v) is 2.85. The zero-order valence-corrected chi connectivity index (χ0v) is 15.2. The summed E-state index contributed by atoms with van der Waals surface area (Å²) in [4.78, 5) is 24.0. The normalized spacial score (nSPS) is 11.8. The molecule has 29 heavy (non-hydrogen) atoms. The molecule has 152 valence electrons. The van der Waals surface area contributed by atoms with Crippen molar-refractivity contribution >= 4 is 28.5 Å². The number of alkyl halides is 3. The van der Waals surface area contributed by atoms with Gasteiger partial charge >= 0.3 is 12.1 Å². The molecule has 0 aliphatic carbocycles. The van der Waals surface area contributed by atoms with E-state index >= 15 is 0 Å². The summed E-state index contributed by atoms with van der Waals surface area (Å²) >= 11 is 0. The molecule has 6 nitrogen and oxygen atoms in total. The zero-order chi connectivity index (χ0) is 21.5. The number of aromatic carboxylic acids is 1. The third kappa shape index (κ3) is 4.05. The molecule has 0 radical (unpaired) electrons. The number of carboxylic acids is 1. The highest BCUT2D eigenvalue weighted by Gasteiger charge is 2.32. The third-order valence-corrected chi connectivity index (χ3v) is 4.13. The van der Waals surface area contributed by atoms with Crippen LogP contribution in [0.25, 0.3) is 10.9 Å². The maximum atomic E-state index is 13.5. The molecule has 0 aliphatic heterocycles. The Kier molecular flexibility index (Phi) is 5.04. The highest BCUT2D eigenvalue weighted by Crippen LogP contribution is 2.31. The van der Waals surface area contributed by atoms with E-state index in [0.29, 0.717) is 23.7 Å². The third-order valence-electron chi connectivity index (χ3n) is 4.13. The van der Waals surface area contributed by atoms with Crippen molar-refractivity contribution in [2.75, 3.05) is 5.32 Å². The van der Waals surface area contributed by atoms with E-state index in [2.05, 4.69) is 10.4 Å². The molecule has 0 saturated heterocycles. The first-order chi connectivity index (χ1) is 13.5. The van der Waals surface area contributed by atoms with Gasteiger partial charge < -0.3 is 10.4 Å². The molecular weight excluding hydrogens is 394 g/mol. The van der Waals surface area contributed by atoms with Crippen LogP contribution in [0.4, 0.5) is 23.2 Å². The van der Waals surface area contributed by atoms with Gasteiger partial charge in [0.2, 0.25) is 0 Å². The molecule has 2 N–H and O–H groups in total. The summed E-state index contributed by atoms with van der Waals surface area (Å²) in [5.41, 5.74) is -1.39. The number of anilines is 1. The van der Waals surface area contributed by atoms with E-state index in [0.717, 1.165) is 0 Å². The van der Waals surface area contributed by atoms with E-state index in [4.69, 9.17) is 0 Å². The zero-order valence-electron chi connectivity index (χ0n) is 15.2. The van der Waals surface area contributed by atoms with Gasteiger partial charge in [-0.25, -0.2) is 9.18 Å². The summed E-state index contributed by atoms with van der Waals surface area (Å²) in [5.74, 6) is -3.39. The highest BCUT2D eigenvalue weighted by atomic mass is 19.4. The van der Waals surface area contributed by atoms with Gasteiger partial charge in [-0.3, -0.25) is 9.48 Å². The van der Waals surface area contributed by atoms with Crippen molar-refractivity contribution < 1.29 is 32.3 Å². The summed E-state index contributed by atoms with van der Waals surface area (Å²) in [6.07, 6.45) is -4.81. The summed E-state index contributed by atoms with van der Waals surface area (Å²) in [6, 6.07) is 5.53. The molecule has 10 heteroatoms. The second kappa shape index (κ2) is 7.19. The Balaban J connectivity index is 1.98. The number of nitrogens with zero attached hydrogens (tertiary/aromatic N) is 2. The molecule has 0 unspecified atom stereocenters. The van der Waals surface area contributed by atoms with Crippen molar-refractivity contribution in [3.63, 3.8) is 0 Å². The lowest BCUT2D eigenvalue weighted by atomic mass is 10.1. The second-order valence-corrected chi connectivity index (χ2v) is 6.60. The van der Waals surface area contributed by atoms with Gasteiger partial charge in [0.15, 0.2) is 5.69 Å². The number of benzene rings is 2. The molecule has 1 heterocycles. The van der Waals surface area contributed by atoms with Gasteiger partial charge in [-0.2, -0.15) is 18.3 Å². The molecule has 3 aromatic rings. The average Bonchev–Trinajstić information content (AvgIpc) is 2.99. The van der Waals surface area contributed by atoms with E-state index in [1.54, 1.807) is 13.8 Å². The minimum Gasteiger partial charge on any atom is -0.477 e. The Labute approximate surface area is 161 Å². The predicted octanol–water partition coefficient (Wildman–Crippen LogP) is 4.73. The topological polar surface area (TPSA) is 84.2 Å². The van der Waals surface area contributed by atoms with Crippen LogP contribution in [0.15, 0.2) is 36.4 Å². The van der Waals surface area contributed by atoms with Crippen molar-refractivity contribution in [2.45, 2.75) is 26.1 Å². The summed E-state index contributed by atoms with van der Waals surface area (Å²) in [7, 11) is 0. The van der Waals surface area contributed by atoms with Crippen molar-refractivity contribution in [1.82, 2.24) is 9.78 Å². The molecule has 1 amide bonds. The smallest absolute Gasteiger partial charge is 0.416 e. The molecule has 0 aliphatic rings. The molecule has 0 saturated carbocycles. The van der Waals surface area contributed by atoms with Crippen molar-refractivity contribution in [3.8, 4) is 0 Å². The number of carbonyl (C=O) groups excluding carboxylic acids is 1. The molecule has 0 bridgehead atoms. The SMILES string of the molecule is CC(C)n1nc2ccc(NC(=O)c3cc(F)cc(C(F)(F)F)c3)cc2c1C(=O)O. The van der Waals surface area contributed by atoms with Gasteiger partial charge in [-0.15, -0.1) is 0 Å². The first-order valence-electron chi connectivity index (χ1n) is 8.42. The van der Waals surface area contributed by atoms with Crippen LogP contribution >= 0.6 is 0 Å². The Morgan fingerprint density at radius 2 is 1.83 bits per heavy atom. The van der Waals surface area contributed by atoms with Crippen LogP contribution in [0, 0.1) is 5.82 Å². The first kappa shape index (κ1) is 20.3. The molecule has 0 spiro atoms. The quantitative estimate of drug-likeness (QED) is 0.611. The lowest BCUT2D eigenvalue weighted by Crippen LogP contribution is -2.15. The number of hydrogen-bond acceptors (Lipinski definition) is 3. The molecule has 2 aromatic carbocycles. The lowest BCUT2D eigenvalue weighted by Gasteiger charge is -2.10. The first-order valence-corrected chi connectivity index (χ1v) is 8.42. The highest BCUT2D eigenvalue weighted by molar-refractivity contribution is 6.07. The van der Waals surface area contributed by atoms with Gasteiger partial charge in [0.05, 0.1) is 11.1 Å². The Bertz CT molecular complexity index is 1120. The molecule has 1 aromatic heterocycles. The van der Waals surface area contributed by atoms with E-state index in [1.165, 1.54) is 22.9 Å². The molecule has 0 fully saturated rings. The molecule has 0 atom stereocenters. The largest absolute Gasteiger partial charge is 0.477 e. The number of hydrogen-bond donors (Lipinski definition) is 2. The van der Waals surface area contributed by atoms with Crippen LogP contribution in [0.1, 0.15) is 46.3 Å². The maximum Gasteiger partial charge on any atom is 0.416 e. The van der Waals surface area contributed by atoms with Gasteiger partial charge in [0.25, 0.3) is 5.91 Å². The summed E-state index contributed by atoms with van der Waals surface area (Å²) in [5, 5.41) is 16.3. The minimum atomic E-state index is -4.81. The van der Waals surface area contributed by atoms with E-state index in [-0.39, 0.29) is 22.8 Å². The number of fused-ring (bicyclic) bond motifs is 1. The van der Waals surface area contributed by atoms with Gasteiger partial charge in [0.1, 0.15) is 5.82 Å². The minimum absolute atomic E-state index is 0.0868. The monoisotopic (exact) mass is 409 g/mol. The summed E-state index contributed by atoms with van der Waals surface area (Å²) < 4.78 is 53.4. The number of halogens is 4. The van der Waals surface area contributed by atoms with Gasteiger partial charge in [0, 0.05) is 22.7 Å². The number of rotatable bonds is 4. The fourth-order valence-electron chi connectivity index (χ4n) is 2.85.